The predicted octanol–water partition coefficient (Wildman–Crippen LogP) is 7.62. The number of halogens is 3. The van der Waals surface area contributed by atoms with Crippen molar-refractivity contribution < 1.29 is 9.53 Å². The van der Waals surface area contributed by atoms with Gasteiger partial charge in [0.15, 0.2) is 5.75 Å². The number of rotatable bonds is 8. The summed E-state index contributed by atoms with van der Waals surface area (Å²) in [5.74, 6) is 0.391. The zero-order valence-corrected chi connectivity index (χ0v) is 20.9. The van der Waals surface area contributed by atoms with Crippen LogP contribution in [0.2, 0.25) is 15.1 Å². The van der Waals surface area contributed by atoms with Gasteiger partial charge in [-0.1, -0.05) is 77.3 Å². The van der Waals surface area contributed by atoms with Gasteiger partial charge in [-0.2, -0.15) is 5.10 Å². The Labute approximate surface area is 216 Å². The summed E-state index contributed by atoms with van der Waals surface area (Å²) < 4.78 is 5.95. The quantitative estimate of drug-likeness (QED) is 0.145. The number of hydrogen-bond donors (Lipinski definition) is 1. The normalized spacial score (nSPS) is 11.1. The second-order valence-corrected chi connectivity index (χ2v) is 9.58. The van der Waals surface area contributed by atoms with Gasteiger partial charge in [-0.05, 0) is 58.3 Å². The molecule has 0 aliphatic heterocycles. The van der Waals surface area contributed by atoms with Crippen LogP contribution in [0.5, 0.6) is 5.75 Å². The Bertz CT molecular complexity index is 1320. The smallest absolute Gasteiger partial charge is 0.250 e. The third-order valence-corrected chi connectivity index (χ3v) is 6.68. The molecule has 0 saturated heterocycles. The van der Waals surface area contributed by atoms with Crippen molar-refractivity contribution in [2.24, 2.45) is 5.10 Å². The van der Waals surface area contributed by atoms with E-state index in [1.165, 1.54) is 18.0 Å². The highest BCUT2D eigenvalue weighted by Crippen LogP contribution is 2.35. The number of thioether (sulfide) groups is 1. The highest BCUT2D eigenvalue weighted by molar-refractivity contribution is 8.00. The van der Waals surface area contributed by atoms with Gasteiger partial charge in [0.1, 0.15) is 6.61 Å². The van der Waals surface area contributed by atoms with Crippen LogP contribution in [-0.2, 0) is 11.4 Å². The molecule has 1 amide bonds. The van der Waals surface area contributed by atoms with Crippen molar-refractivity contribution in [1.82, 2.24) is 5.43 Å². The van der Waals surface area contributed by atoms with Gasteiger partial charge in [-0.3, -0.25) is 4.79 Å². The Morgan fingerprint density at radius 2 is 1.65 bits per heavy atom. The fourth-order valence-corrected chi connectivity index (χ4v) is 4.68. The Hall–Kier alpha value is -2.70. The van der Waals surface area contributed by atoms with Gasteiger partial charge in [0.25, 0.3) is 0 Å². The van der Waals surface area contributed by atoms with Crippen molar-refractivity contribution in [2.45, 2.75) is 11.5 Å². The van der Waals surface area contributed by atoms with Crippen molar-refractivity contribution in [3.8, 4) is 5.75 Å². The first-order valence-electron chi connectivity index (χ1n) is 10.3. The maximum atomic E-state index is 12.0. The summed E-state index contributed by atoms with van der Waals surface area (Å²) >= 11 is 20.1. The number of amides is 1. The van der Waals surface area contributed by atoms with Gasteiger partial charge in [-0.25, -0.2) is 5.43 Å². The molecule has 0 bridgehead atoms. The number of nitrogens with one attached hydrogen (secondary N) is 1. The van der Waals surface area contributed by atoms with Gasteiger partial charge < -0.3 is 4.74 Å². The van der Waals surface area contributed by atoms with E-state index >= 15 is 0 Å². The van der Waals surface area contributed by atoms with Crippen molar-refractivity contribution in [2.75, 3.05) is 5.75 Å². The van der Waals surface area contributed by atoms with E-state index < -0.39 is 0 Å². The maximum absolute atomic E-state index is 12.0. The number of carbonyl (C=O) groups excluding carboxylic acids is 1. The lowest BCUT2D eigenvalue weighted by molar-refractivity contribution is -0.118. The molecular formula is C26H19Cl3N2O2S. The average Bonchev–Trinajstić information content (AvgIpc) is 2.83. The first-order chi connectivity index (χ1) is 16.5. The maximum Gasteiger partial charge on any atom is 0.250 e. The second kappa shape index (κ2) is 11.6. The molecule has 34 heavy (non-hydrogen) atoms. The van der Waals surface area contributed by atoms with Crippen molar-refractivity contribution in [1.29, 1.82) is 0 Å². The van der Waals surface area contributed by atoms with Gasteiger partial charge >= 0.3 is 0 Å². The van der Waals surface area contributed by atoms with Gasteiger partial charge in [0.2, 0.25) is 5.91 Å². The molecule has 0 radical (unpaired) electrons. The zero-order chi connectivity index (χ0) is 23.9. The molecule has 0 heterocycles. The Balaban J connectivity index is 1.34. The Kier molecular flexibility index (Phi) is 8.35. The van der Waals surface area contributed by atoms with Crippen LogP contribution in [0.4, 0.5) is 0 Å². The standard InChI is InChI=1S/C26H19Cl3N2O2S/c27-20-8-10-21(11-9-20)34-16-25(32)31-30-14-17-12-23(28)26(24(29)13-17)33-15-19-6-3-5-18-4-1-2-7-22(18)19/h1-14H,15-16H2,(H,31,32)/b30-14-. The minimum atomic E-state index is -0.233. The van der Waals surface area contributed by atoms with E-state index in [1.54, 1.807) is 24.3 Å². The van der Waals surface area contributed by atoms with Crippen molar-refractivity contribution >= 4 is 69.5 Å². The highest BCUT2D eigenvalue weighted by Gasteiger charge is 2.11. The molecule has 0 aromatic heterocycles. The summed E-state index contributed by atoms with van der Waals surface area (Å²) in [4.78, 5) is 13.0. The summed E-state index contributed by atoms with van der Waals surface area (Å²) in [6.07, 6.45) is 1.48. The molecule has 4 nitrogen and oxygen atoms in total. The zero-order valence-electron chi connectivity index (χ0n) is 17.8. The van der Waals surface area contributed by atoms with Crippen LogP contribution < -0.4 is 10.2 Å². The lowest BCUT2D eigenvalue weighted by Crippen LogP contribution is -2.19. The van der Waals surface area contributed by atoms with Crippen LogP contribution in [0.1, 0.15) is 11.1 Å². The van der Waals surface area contributed by atoms with E-state index in [-0.39, 0.29) is 11.7 Å². The van der Waals surface area contributed by atoms with Crippen LogP contribution in [0.15, 0.2) is 88.9 Å². The lowest BCUT2D eigenvalue weighted by Gasteiger charge is -2.12. The summed E-state index contributed by atoms with van der Waals surface area (Å²) in [6, 6.07) is 24.8. The Morgan fingerprint density at radius 1 is 0.941 bits per heavy atom. The van der Waals surface area contributed by atoms with Crippen LogP contribution in [-0.4, -0.2) is 17.9 Å². The van der Waals surface area contributed by atoms with E-state index in [9.17, 15) is 4.79 Å². The number of hydrogen-bond acceptors (Lipinski definition) is 4. The third-order valence-electron chi connectivity index (χ3n) is 4.86. The molecule has 1 N–H and O–H groups in total. The Morgan fingerprint density at radius 3 is 2.41 bits per heavy atom. The minimum absolute atomic E-state index is 0.224. The molecular weight excluding hydrogens is 511 g/mol. The summed E-state index contributed by atoms with van der Waals surface area (Å²) in [5.41, 5.74) is 4.17. The minimum Gasteiger partial charge on any atom is -0.486 e. The molecule has 0 spiro atoms. The number of nitrogens with zero attached hydrogens (tertiary/aromatic N) is 1. The van der Waals surface area contributed by atoms with Crippen LogP contribution in [0, 0.1) is 0 Å². The van der Waals surface area contributed by atoms with Crippen LogP contribution in [0.25, 0.3) is 10.8 Å². The number of carbonyl (C=O) groups is 1. The van der Waals surface area contributed by atoms with E-state index in [0.717, 1.165) is 21.2 Å². The van der Waals surface area contributed by atoms with Gasteiger partial charge in [-0.15, -0.1) is 11.8 Å². The summed E-state index contributed by atoms with van der Waals surface area (Å²) in [5, 5.41) is 7.62. The molecule has 0 aliphatic rings. The predicted molar refractivity (Wildman–Crippen MR) is 143 cm³/mol. The molecule has 0 atom stereocenters. The SMILES string of the molecule is O=C(CSc1ccc(Cl)cc1)N/N=C\c1cc(Cl)c(OCc2cccc3ccccc23)c(Cl)c1. The molecule has 0 aliphatic carbocycles. The van der Waals surface area contributed by atoms with Gasteiger partial charge in [0.05, 0.1) is 22.0 Å². The molecule has 8 heteroatoms. The second-order valence-electron chi connectivity index (χ2n) is 7.28. The van der Waals surface area contributed by atoms with Crippen molar-refractivity contribution in [3.63, 3.8) is 0 Å². The van der Waals surface area contributed by atoms with E-state index in [1.807, 2.05) is 36.4 Å². The fourth-order valence-electron chi connectivity index (χ4n) is 3.25. The molecule has 4 aromatic rings. The summed E-state index contributed by atoms with van der Waals surface area (Å²) in [6.45, 7) is 0.329. The van der Waals surface area contributed by atoms with E-state index in [4.69, 9.17) is 39.5 Å². The lowest BCUT2D eigenvalue weighted by atomic mass is 10.1. The number of benzene rings is 4. The first kappa shape index (κ1) is 24.4. The average molecular weight is 530 g/mol. The molecule has 0 saturated carbocycles. The van der Waals surface area contributed by atoms with Crippen molar-refractivity contribution in [3.05, 3.63) is 105 Å². The van der Waals surface area contributed by atoms with Crippen LogP contribution in [0.3, 0.4) is 0 Å². The first-order valence-corrected chi connectivity index (χ1v) is 12.4. The highest BCUT2D eigenvalue weighted by atomic mass is 35.5. The molecule has 172 valence electrons. The molecule has 4 aromatic carbocycles. The molecule has 0 unspecified atom stereocenters. The molecule has 4 rings (SSSR count). The van der Waals surface area contributed by atoms with Gasteiger partial charge in [0, 0.05) is 9.92 Å². The third kappa shape index (κ3) is 6.45. The summed E-state index contributed by atoms with van der Waals surface area (Å²) in [7, 11) is 0. The van der Waals surface area contributed by atoms with E-state index in [0.29, 0.717) is 33.0 Å². The number of fused-ring (bicyclic) bond motifs is 1. The monoisotopic (exact) mass is 528 g/mol. The fraction of sp³-hybridized carbons (Fsp3) is 0.0769. The van der Waals surface area contributed by atoms with Crippen LogP contribution >= 0.6 is 46.6 Å². The molecule has 0 fully saturated rings. The van der Waals surface area contributed by atoms with E-state index in [2.05, 4.69) is 28.7 Å². The number of hydrazone groups is 1. The largest absolute Gasteiger partial charge is 0.486 e. The topological polar surface area (TPSA) is 50.7 Å². The number of ether oxygens (including phenoxy) is 1.